The Morgan fingerprint density at radius 1 is 1.00 bits per heavy atom. The van der Waals surface area contributed by atoms with Crippen LogP contribution in [0.1, 0.15) is 16.7 Å². The van der Waals surface area contributed by atoms with Crippen LogP contribution in [0.3, 0.4) is 0 Å². The zero-order valence-electron chi connectivity index (χ0n) is 17.6. The molecule has 158 valence electrons. The molecule has 1 saturated heterocycles. The van der Waals surface area contributed by atoms with Gasteiger partial charge in [-0.05, 0) is 30.5 Å². The molecule has 1 atom stereocenters. The van der Waals surface area contributed by atoms with Crippen LogP contribution in [0, 0.1) is 6.92 Å². The average Bonchev–Trinajstić information content (AvgIpc) is 3.35. The zero-order chi connectivity index (χ0) is 21.9. The highest BCUT2D eigenvalue weighted by molar-refractivity contribution is 8.15. The van der Waals surface area contributed by atoms with E-state index in [1.54, 1.807) is 6.21 Å². The molecule has 6 heteroatoms. The minimum Gasteiger partial charge on any atom is -0.354 e. The van der Waals surface area contributed by atoms with Gasteiger partial charge in [0, 0.05) is 16.5 Å². The number of aryl methyl sites for hydroxylation is 1. The maximum absolute atomic E-state index is 12.4. The predicted molar refractivity (Wildman–Crippen MR) is 133 cm³/mol. The molecule has 0 radical (unpaired) electrons. The Bertz CT molecular complexity index is 1340. The second kappa shape index (κ2) is 8.85. The van der Waals surface area contributed by atoms with Crippen LogP contribution in [0.15, 0.2) is 89.1 Å². The number of nitrogens with zero attached hydrogens (tertiary/aromatic N) is 2. The highest BCUT2D eigenvalue weighted by Gasteiger charge is 2.30. The first kappa shape index (κ1) is 20.3. The summed E-state index contributed by atoms with van der Waals surface area (Å²) in [5.41, 5.74) is 6.44. The van der Waals surface area contributed by atoms with Crippen molar-refractivity contribution < 1.29 is 4.79 Å². The fourth-order valence-electron chi connectivity index (χ4n) is 3.91. The number of para-hydroxylation sites is 1. The molecule has 0 bridgehead atoms. The lowest BCUT2D eigenvalue weighted by Gasteiger charge is -2.05. The number of amides is 1. The van der Waals surface area contributed by atoms with Crippen molar-refractivity contribution in [1.82, 2.24) is 10.3 Å². The molecule has 0 spiro atoms. The van der Waals surface area contributed by atoms with Crippen molar-refractivity contribution in [2.45, 2.75) is 18.6 Å². The number of nitrogens with one attached hydrogen (secondary N) is 2. The number of H-pyrrole nitrogens is 1. The standard InChI is InChI=1S/C26H22N4OS/c1-17-8-7-9-18(14-17)15-23-25(31)29-26(32-23)30-27-16-21-20-12-5-6-13-22(20)28-24(21)19-10-3-2-4-11-19/h2-14,16,23,28H,15H2,1H3,(H,29,30,31)/b27-16+. The summed E-state index contributed by atoms with van der Waals surface area (Å²) in [6.07, 6.45) is 2.43. The van der Waals surface area contributed by atoms with Gasteiger partial charge in [-0.25, -0.2) is 0 Å². The number of carbonyl (C=O) groups is 1. The quantitative estimate of drug-likeness (QED) is 0.328. The molecule has 1 fully saturated rings. The van der Waals surface area contributed by atoms with Gasteiger partial charge in [0.25, 0.3) is 0 Å². The number of thioether (sulfide) groups is 1. The second-order valence-electron chi connectivity index (χ2n) is 7.76. The third kappa shape index (κ3) is 4.22. The molecule has 3 aromatic carbocycles. The van der Waals surface area contributed by atoms with E-state index in [1.165, 1.54) is 17.3 Å². The number of rotatable bonds is 5. The Morgan fingerprint density at radius 2 is 1.81 bits per heavy atom. The fraction of sp³-hybridized carbons (Fsp3) is 0.115. The van der Waals surface area contributed by atoms with Gasteiger partial charge in [0.1, 0.15) is 0 Å². The van der Waals surface area contributed by atoms with Crippen molar-refractivity contribution in [1.29, 1.82) is 0 Å². The van der Waals surface area contributed by atoms with Crippen LogP contribution in [-0.2, 0) is 11.2 Å². The first-order valence-corrected chi connectivity index (χ1v) is 11.4. The molecule has 1 amide bonds. The number of aromatic amines is 1. The number of carbonyl (C=O) groups excluding carboxylic acids is 1. The Hall–Kier alpha value is -3.64. The molecular weight excluding hydrogens is 416 g/mol. The number of hydrogen-bond acceptors (Lipinski definition) is 4. The summed E-state index contributed by atoms with van der Waals surface area (Å²) in [5.74, 6) is -0.0254. The normalized spacial score (nSPS) is 17.5. The number of hydrogen-bond donors (Lipinski definition) is 2. The molecule has 32 heavy (non-hydrogen) atoms. The summed E-state index contributed by atoms with van der Waals surface area (Å²) in [6, 6.07) is 26.5. The molecular formula is C26H22N4OS. The smallest absolute Gasteiger partial charge is 0.239 e. The second-order valence-corrected chi connectivity index (χ2v) is 8.96. The van der Waals surface area contributed by atoms with Crippen molar-refractivity contribution >= 4 is 40.0 Å². The third-order valence-corrected chi connectivity index (χ3v) is 6.50. The third-order valence-electron chi connectivity index (χ3n) is 5.42. The number of aromatic nitrogens is 1. The van der Waals surface area contributed by atoms with E-state index in [1.807, 2.05) is 42.5 Å². The van der Waals surface area contributed by atoms with E-state index in [0.29, 0.717) is 11.6 Å². The van der Waals surface area contributed by atoms with Gasteiger partial charge >= 0.3 is 0 Å². The molecule has 1 aromatic heterocycles. The van der Waals surface area contributed by atoms with Crippen molar-refractivity contribution in [3.63, 3.8) is 0 Å². The summed E-state index contributed by atoms with van der Waals surface area (Å²) in [7, 11) is 0. The Kier molecular flexibility index (Phi) is 5.60. The molecule has 0 saturated carbocycles. The maximum atomic E-state index is 12.4. The van der Waals surface area contributed by atoms with Crippen molar-refractivity contribution in [3.05, 3.63) is 95.6 Å². The van der Waals surface area contributed by atoms with Gasteiger partial charge < -0.3 is 10.3 Å². The van der Waals surface area contributed by atoms with Gasteiger partial charge in [-0.3, -0.25) is 4.79 Å². The van der Waals surface area contributed by atoms with E-state index in [9.17, 15) is 4.79 Å². The number of benzene rings is 3. The van der Waals surface area contributed by atoms with E-state index in [4.69, 9.17) is 0 Å². The fourth-order valence-corrected chi connectivity index (χ4v) is 4.87. The first-order chi connectivity index (χ1) is 15.7. The van der Waals surface area contributed by atoms with E-state index < -0.39 is 0 Å². The van der Waals surface area contributed by atoms with E-state index in [2.05, 4.69) is 63.8 Å². The topological polar surface area (TPSA) is 69.6 Å². The lowest BCUT2D eigenvalue weighted by molar-refractivity contribution is -0.118. The molecule has 5 rings (SSSR count). The van der Waals surface area contributed by atoms with Crippen LogP contribution in [0.4, 0.5) is 0 Å². The van der Waals surface area contributed by atoms with Gasteiger partial charge in [-0.2, -0.15) is 5.10 Å². The largest absolute Gasteiger partial charge is 0.354 e. The average molecular weight is 439 g/mol. The van der Waals surface area contributed by atoms with E-state index in [-0.39, 0.29) is 11.2 Å². The molecule has 0 aliphatic carbocycles. The SMILES string of the molecule is Cc1cccc(CC2S/C(=N/N=C/c3c(-c4ccccc4)[nH]c4ccccc34)NC2=O)c1. The van der Waals surface area contributed by atoms with Gasteiger partial charge in [0.15, 0.2) is 5.17 Å². The lowest BCUT2D eigenvalue weighted by Crippen LogP contribution is -2.25. The van der Waals surface area contributed by atoms with E-state index in [0.717, 1.165) is 33.3 Å². The lowest BCUT2D eigenvalue weighted by atomic mass is 10.1. The first-order valence-electron chi connectivity index (χ1n) is 10.5. The molecule has 4 aromatic rings. The Balaban J connectivity index is 1.39. The molecule has 1 unspecified atom stereocenters. The zero-order valence-corrected chi connectivity index (χ0v) is 18.4. The van der Waals surface area contributed by atoms with E-state index >= 15 is 0 Å². The highest BCUT2D eigenvalue weighted by atomic mass is 32.2. The Labute approximate surface area is 190 Å². The van der Waals surface area contributed by atoms with Gasteiger partial charge in [0.05, 0.1) is 17.2 Å². The molecule has 1 aliphatic rings. The van der Waals surface area contributed by atoms with Crippen LogP contribution < -0.4 is 5.32 Å². The summed E-state index contributed by atoms with van der Waals surface area (Å²) in [6.45, 7) is 2.06. The van der Waals surface area contributed by atoms with Crippen LogP contribution in [-0.4, -0.2) is 27.5 Å². The maximum Gasteiger partial charge on any atom is 0.239 e. The monoisotopic (exact) mass is 438 g/mol. The van der Waals surface area contributed by atoms with Crippen molar-refractivity contribution in [2.24, 2.45) is 10.2 Å². The summed E-state index contributed by atoms with van der Waals surface area (Å²) < 4.78 is 0. The summed E-state index contributed by atoms with van der Waals surface area (Å²) in [5, 5.41) is 12.9. The number of amidine groups is 1. The van der Waals surface area contributed by atoms with Crippen molar-refractivity contribution in [3.8, 4) is 11.3 Å². The summed E-state index contributed by atoms with van der Waals surface area (Å²) in [4.78, 5) is 15.9. The van der Waals surface area contributed by atoms with Crippen LogP contribution in [0.25, 0.3) is 22.2 Å². The van der Waals surface area contributed by atoms with Gasteiger partial charge in [0.2, 0.25) is 5.91 Å². The minimum absolute atomic E-state index is 0.0254. The predicted octanol–water partition coefficient (Wildman–Crippen LogP) is 5.31. The minimum atomic E-state index is -0.196. The molecule has 2 heterocycles. The number of fused-ring (bicyclic) bond motifs is 1. The highest BCUT2D eigenvalue weighted by Crippen LogP contribution is 2.29. The van der Waals surface area contributed by atoms with Crippen molar-refractivity contribution in [2.75, 3.05) is 0 Å². The van der Waals surface area contributed by atoms with Crippen LogP contribution in [0.2, 0.25) is 0 Å². The van der Waals surface area contributed by atoms with Gasteiger partial charge in [-0.1, -0.05) is 90.1 Å². The Morgan fingerprint density at radius 3 is 2.66 bits per heavy atom. The van der Waals surface area contributed by atoms with Gasteiger partial charge in [-0.15, -0.1) is 5.10 Å². The summed E-state index contributed by atoms with van der Waals surface area (Å²) >= 11 is 1.43. The molecule has 1 aliphatic heterocycles. The molecule has 5 nitrogen and oxygen atoms in total. The molecule has 2 N–H and O–H groups in total. The van der Waals surface area contributed by atoms with Crippen LogP contribution in [0.5, 0.6) is 0 Å². The van der Waals surface area contributed by atoms with Crippen LogP contribution >= 0.6 is 11.8 Å².